The molecule has 0 radical (unpaired) electrons. The molecule has 0 unspecified atom stereocenters. The van der Waals surface area contributed by atoms with Gasteiger partial charge in [0.25, 0.3) is 0 Å². The first-order valence-electron chi connectivity index (χ1n) is 10.0. The maximum Gasteiger partial charge on any atom is 0.119 e. The van der Waals surface area contributed by atoms with Gasteiger partial charge in [0.15, 0.2) is 0 Å². The molecule has 0 atom stereocenters. The van der Waals surface area contributed by atoms with Crippen molar-refractivity contribution in [3.8, 4) is 5.75 Å². The molecule has 144 valence electrons. The fourth-order valence-electron chi connectivity index (χ4n) is 3.48. The van der Waals surface area contributed by atoms with Crippen molar-refractivity contribution < 1.29 is 4.74 Å². The third kappa shape index (κ3) is 6.53. The molecule has 1 fully saturated rings. The lowest BCUT2D eigenvalue weighted by Crippen LogP contribution is -2.42. The molecule has 1 heterocycles. The summed E-state index contributed by atoms with van der Waals surface area (Å²) in [6.07, 6.45) is 4.81. The van der Waals surface area contributed by atoms with E-state index >= 15 is 0 Å². The lowest BCUT2D eigenvalue weighted by Gasteiger charge is -2.34. The Morgan fingerprint density at radius 2 is 1.70 bits per heavy atom. The highest BCUT2D eigenvalue weighted by Gasteiger charge is 2.20. The Labute approximate surface area is 164 Å². The van der Waals surface area contributed by atoms with Crippen molar-refractivity contribution in [2.24, 2.45) is 0 Å². The molecule has 0 amide bonds. The molecule has 0 spiro atoms. The van der Waals surface area contributed by atoms with Crippen molar-refractivity contribution >= 4 is 0 Å². The number of hydrogen-bond acceptors (Lipinski definition) is 3. The normalized spacial score (nSPS) is 14.9. The summed E-state index contributed by atoms with van der Waals surface area (Å²) in [5, 5.41) is 3.47. The summed E-state index contributed by atoms with van der Waals surface area (Å²) in [7, 11) is 0. The van der Waals surface area contributed by atoms with E-state index in [2.05, 4.69) is 66.5 Å². The van der Waals surface area contributed by atoms with Crippen LogP contribution in [0.4, 0.5) is 0 Å². The minimum atomic E-state index is 0.613. The first kappa shape index (κ1) is 19.7. The summed E-state index contributed by atoms with van der Waals surface area (Å²) < 4.78 is 5.92. The highest BCUT2D eigenvalue weighted by Crippen LogP contribution is 2.19. The zero-order valence-corrected chi connectivity index (χ0v) is 16.7. The second-order valence-electron chi connectivity index (χ2n) is 7.61. The fourth-order valence-corrected chi connectivity index (χ4v) is 3.48. The van der Waals surface area contributed by atoms with Crippen LogP contribution >= 0.6 is 0 Å². The summed E-state index contributed by atoms with van der Waals surface area (Å²) in [6.45, 7) is 9.25. The first-order valence-corrected chi connectivity index (χ1v) is 10.0. The minimum Gasteiger partial charge on any atom is -0.489 e. The molecule has 0 aromatic heterocycles. The number of allylic oxidation sites excluding steroid dienone is 1. The summed E-state index contributed by atoms with van der Waals surface area (Å²) >= 11 is 0. The molecule has 1 saturated heterocycles. The second kappa shape index (κ2) is 10.3. The molecule has 2 aromatic rings. The Hall–Kier alpha value is -2.10. The van der Waals surface area contributed by atoms with Crippen LogP contribution in [0.5, 0.6) is 5.75 Å². The molecule has 0 aliphatic carbocycles. The van der Waals surface area contributed by atoms with Crippen LogP contribution in [0.25, 0.3) is 0 Å². The first-order chi connectivity index (χ1) is 13.2. The Kier molecular flexibility index (Phi) is 7.49. The predicted octanol–water partition coefficient (Wildman–Crippen LogP) is 4.79. The number of rotatable bonds is 8. The Morgan fingerprint density at radius 3 is 2.37 bits per heavy atom. The maximum absolute atomic E-state index is 5.92. The van der Waals surface area contributed by atoms with Crippen molar-refractivity contribution in [3.05, 3.63) is 77.4 Å². The van der Waals surface area contributed by atoms with Crippen LogP contribution in [-0.4, -0.2) is 30.6 Å². The summed E-state index contributed by atoms with van der Waals surface area (Å²) in [6, 6.07) is 19.6. The number of nitrogens with zero attached hydrogens (tertiary/aromatic N) is 1. The number of nitrogens with one attached hydrogen (secondary N) is 1. The van der Waals surface area contributed by atoms with Crippen molar-refractivity contribution in [1.82, 2.24) is 10.2 Å². The van der Waals surface area contributed by atoms with Gasteiger partial charge in [0.2, 0.25) is 0 Å². The van der Waals surface area contributed by atoms with Crippen LogP contribution in [0.1, 0.15) is 37.8 Å². The quantitative estimate of drug-likeness (QED) is 0.682. The highest BCUT2D eigenvalue weighted by atomic mass is 16.5. The van der Waals surface area contributed by atoms with Gasteiger partial charge in [0.1, 0.15) is 12.4 Å². The molecular weight excluding hydrogens is 332 g/mol. The van der Waals surface area contributed by atoms with Crippen LogP contribution in [0, 0.1) is 0 Å². The SMILES string of the molecule is CC(C)=CCN(Cc1ccc(OCc2ccccc2)cc1)C1CCNCC1. The van der Waals surface area contributed by atoms with Gasteiger partial charge in [-0.2, -0.15) is 0 Å². The molecule has 3 rings (SSSR count). The molecule has 1 N–H and O–H groups in total. The zero-order valence-electron chi connectivity index (χ0n) is 16.7. The number of ether oxygens (including phenoxy) is 1. The van der Waals surface area contributed by atoms with E-state index in [4.69, 9.17) is 4.74 Å². The molecule has 3 nitrogen and oxygen atoms in total. The largest absolute Gasteiger partial charge is 0.489 e. The molecule has 0 saturated carbocycles. The summed E-state index contributed by atoms with van der Waals surface area (Å²) in [5.74, 6) is 0.931. The molecule has 27 heavy (non-hydrogen) atoms. The number of piperidine rings is 1. The van der Waals surface area contributed by atoms with E-state index in [-0.39, 0.29) is 0 Å². The lowest BCUT2D eigenvalue weighted by molar-refractivity contribution is 0.171. The van der Waals surface area contributed by atoms with Crippen molar-refractivity contribution in [2.45, 2.75) is 45.9 Å². The van der Waals surface area contributed by atoms with Crippen molar-refractivity contribution in [1.29, 1.82) is 0 Å². The van der Waals surface area contributed by atoms with Gasteiger partial charge in [-0.15, -0.1) is 0 Å². The standard InChI is InChI=1S/C24H32N2O/c1-20(2)14-17-26(23-12-15-25-16-13-23)18-21-8-10-24(11-9-21)27-19-22-6-4-3-5-7-22/h3-11,14,23,25H,12-13,15-19H2,1-2H3. The van der Waals surface area contributed by atoms with Crippen molar-refractivity contribution in [2.75, 3.05) is 19.6 Å². The van der Waals surface area contributed by atoms with Gasteiger partial charge in [0.05, 0.1) is 0 Å². The van der Waals surface area contributed by atoms with E-state index in [9.17, 15) is 0 Å². The predicted molar refractivity (Wildman–Crippen MR) is 113 cm³/mol. The van der Waals surface area contributed by atoms with Gasteiger partial charge in [0, 0.05) is 19.1 Å². The third-order valence-corrected chi connectivity index (χ3v) is 5.12. The fraction of sp³-hybridized carbons (Fsp3) is 0.417. The minimum absolute atomic E-state index is 0.613. The van der Waals surface area contributed by atoms with Gasteiger partial charge in [-0.05, 0) is 63.0 Å². The van der Waals surface area contributed by atoms with E-state index in [1.165, 1.54) is 29.5 Å². The molecule has 1 aliphatic heterocycles. The van der Waals surface area contributed by atoms with E-state index in [0.29, 0.717) is 12.6 Å². The van der Waals surface area contributed by atoms with Crippen LogP contribution in [0.3, 0.4) is 0 Å². The smallest absolute Gasteiger partial charge is 0.119 e. The van der Waals surface area contributed by atoms with Crippen LogP contribution in [-0.2, 0) is 13.2 Å². The Morgan fingerprint density at radius 1 is 1.00 bits per heavy atom. The summed E-state index contributed by atoms with van der Waals surface area (Å²) in [4.78, 5) is 2.62. The number of benzene rings is 2. The molecule has 0 bridgehead atoms. The molecule has 1 aliphatic rings. The zero-order chi connectivity index (χ0) is 18.9. The average Bonchev–Trinajstić information content (AvgIpc) is 2.72. The van der Waals surface area contributed by atoms with Crippen LogP contribution in [0.2, 0.25) is 0 Å². The van der Waals surface area contributed by atoms with Crippen LogP contribution in [0.15, 0.2) is 66.2 Å². The van der Waals surface area contributed by atoms with Gasteiger partial charge < -0.3 is 10.1 Å². The van der Waals surface area contributed by atoms with Crippen LogP contribution < -0.4 is 10.1 Å². The highest BCUT2D eigenvalue weighted by molar-refractivity contribution is 5.28. The second-order valence-corrected chi connectivity index (χ2v) is 7.61. The molecule has 2 aromatic carbocycles. The van der Waals surface area contributed by atoms with Gasteiger partial charge >= 0.3 is 0 Å². The molecule has 3 heteroatoms. The number of hydrogen-bond donors (Lipinski definition) is 1. The Balaban J connectivity index is 1.59. The average molecular weight is 365 g/mol. The maximum atomic E-state index is 5.92. The lowest BCUT2D eigenvalue weighted by atomic mass is 10.0. The Bertz CT molecular complexity index is 699. The topological polar surface area (TPSA) is 24.5 Å². The van der Waals surface area contributed by atoms with Crippen molar-refractivity contribution in [3.63, 3.8) is 0 Å². The van der Waals surface area contributed by atoms with Gasteiger partial charge in [-0.25, -0.2) is 0 Å². The van der Waals surface area contributed by atoms with Gasteiger partial charge in [-0.3, -0.25) is 4.90 Å². The summed E-state index contributed by atoms with van der Waals surface area (Å²) in [5.41, 5.74) is 3.93. The monoisotopic (exact) mass is 364 g/mol. The third-order valence-electron chi connectivity index (χ3n) is 5.12. The van der Waals surface area contributed by atoms with E-state index in [1.807, 2.05) is 18.2 Å². The van der Waals surface area contributed by atoms with E-state index in [0.717, 1.165) is 31.9 Å². The van der Waals surface area contributed by atoms with Gasteiger partial charge in [-0.1, -0.05) is 54.1 Å². The van der Waals surface area contributed by atoms with E-state index < -0.39 is 0 Å². The molecular formula is C24H32N2O. The van der Waals surface area contributed by atoms with E-state index in [1.54, 1.807) is 0 Å².